The normalized spacial score (nSPS) is 14.5. The molecule has 0 saturated heterocycles. The van der Waals surface area contributed by atoms with E-state index in [2.05, 4.69) is 16.4 Å². The van der Waals surface area contributed by atoms with E-state index in [-0.39, 0.29) is 5.56 Å². The molecule has 0 spiro atoms. The largest absolute Gasteiger partial charge is 0.478 e. The zero-order valence-electron chi connectivity index (χ0n) is 9.65. The van der Waals surface area contributed by atoms with E-state index in [1.807, 2.05) is 0 Å². The molecule has 0 bridgehead atoms. The number of nitrogens with zero attached hydrogens (tertiary/aromatic N) is 1. The van der Waals surface area contributed by atoms with Crippen molar-refractivity contribution in [1.29, 1.82) is 0 Å². The van der Waals surface area contributed by atoms with Crippen molar-refractivity contribution < 1.29 is 9.90 Å². The van der Waals surface area contributed by atoms with Crippen LogP contribution in [-0.4, -0.2) is 22.6 Å². The molecule has 0 amide bonds. The van der Waals surface area contributed by atoms with Crippen LogP contribution in [0.4, 0.5) is 5.82 Å². The predicted octanol–water partition coefficient (Wildman–Crippen LogP) is 2.69. The third kappa shape index (κ3) is 3.31. The van der Waals surface area contributed by atoms with E-state index in [1.165, 1.54) is 31.0 Å². The quantitative estimate of drug-likeness (QED) is 0.766. The minimum atomic E-state index is -0.944. The van der Waals surface area contributed by atoms with Crippen molar-refractivity contribution in [2.45, 2.75) is 25.7 Å². The van der Waals surface area contributed by atoms with Gasteiger partial charge in [-0.05, 0) is 37.8 Å². The van der Waals surface area contributed by atoms with Gasteiger partial charge in [0.15, 0.2) is 0 Å². The Morgan fingerprint density at radius 3 is 2.94 bits per heavy atom. The van der Waals surface area contributed by atoms with Crippen molar-refractivity contribution in [3.63, 3.8) is 0 Å². The van der Waals surface area contributed by atoms with Gasteiger partial charge in [-0.3, -0.25) is 0 Å². The van der Waals surface area contributed by atoms with Crippen LogP contribution in [0, 0.1) is 0 Å². The fourth-order valence-electron chi connectivity index (χ4n) is 1.94. The van der Waals surface area contributed by atoms with Crippen LogP contribution in [0.1, 0.15) is 36.0 Å². The molecule has 1 aliphatic carbocycles. The summed E-state index contributed by atoms with van der Waals surface area (Å²) in [5, 5.41) is 11.9. The highest BCUT2D eigenvalue weighted by molar-refractivity contribution is 5.87. The average Bonchev–Trinajstić information content (AvgIpc) is 2.83. The first-order valence-electron chi connectivity index (χ1n) is 5.87. The van der Waals surface area contributed by atoms with Crippen molar-refractivity contribution in [2.75, 3.05) is 11.9 Å². The number of carboxylic acids is 1. The number of allylic oxidation sites excluding steroid dienone is 1. The lowest BCUT2D eigenvalue weighted by atomic mass is 10.2. The standard InChI is InChI=1S/C13H16N2O2/c16-13(17)11-5-6-12(15-9-11)14-8-7-10-3-1-2-4-10/h3,5-6,9H,1-2,4,7-8H2,(H,14,15)(H,16,17). The highest BCUT2D eigenvalue weighted by Crippen LogP contribution is 2.20. The molecule has 1 aromatic rings. The Morgan fingerprint density at radius 1 is 1.47 bits per heavy atom. The predicted molar refractivity (Wildman–Crippen MR) is 66.2 cm³/mol. The molecular formula is C13H16N2O2. The lowest BCUT2D eigenvalue weighted by Crippen LogP contribution is -2.05. The topological polar surface area (TPSA) is 62.2 Å². The molecule has 0 fully saturated rings. The molecule has 4 heteroatoms. The first-order chi connectivity index (χ1) is 8.25. The first-order valence-corrected chi connectivity index (χ1v) is 5.87. The number of aromatic nitrogens is 1. The van der Waals surface area contributed by atoms with Gasteiger partial charge in [0.2, 0.25) is 0 Å². The highest BCUT2D eigenvalue weighted by Gasteiger charge is 2.05. The summed E-state index contributed by atoms with van der Waals surface area (Å²) in [4.78, 5) is 14.7. The number of anilines is 1. The van der Waals surface area contributed by atoms with Gasteiger partial charge in [0, 0.05) is 12.7 Å². The van der Waals surface area contributed by atoms with Crippen LogP contribution in [-0.2, 0) is 0 Å². The van der Waals surface area contributed by atoms with Crippen molar-refractivity contribution in [1.82, 2.24) is 4.98 Å². The molecule has 2 N–H and O–H groups in total. The Bertz CT molecular complexity index is 424. The summed E-state index contributed by atoms with van der Waals surface area (Å²) >= 11 is 0. The molecule has 0 unspecified atom stereocenters. The van der Waals surface area contributed by atoms with Gasteiger partial charge in [-0.15, -0.1) is 0 Å². The van der Waals surface area contributed by atoms with Crippen LogP contribution in [0.15, 0.2) is 30.0 Å². The van der Waals surface area contributed by atoms with Gasteiger partial charge >= 0.3 is 5.97 Å². The van der Waals surface area contributed by atoms with Gasteiger partial charge in [-0.2, -0.15) is 0 Å². The molecule has 0 aliphatic heterocycles. The molecule has 90 valence electrons. The van der Waals surface area contributed by atoms with Crippen LogP contribution in [0.25, 0.3) is 0 Å². The van der Waals surface area contributed by atoms with Crippen LogP contribution >= 0.6 is 0 Å². The van der Waals surface area contributed by atoms with Crippen molar-refractivity contribution in [3.8, 4) is 0 Å². The summed E-state index contributed by atoms with van der Waals surface area (Å²) in [6, 6.07) is 3.26. The second-order valence-corrected chi connectivity index (χ2v) is 4.17. The number of nitrogens with one attached hydrogen (secondary N) is 1. The van der Waals surface area contributed by atoms with Crippen LogP contribution < -0.4 is 5.32 Å². The monoisotopic (exact) mass is 232 g/mol. The summed E-state index contributed by atoms with van der Waals surface area (Å²) < 4.78 is 0. The Kier molecular flexibility index (Phi) is 3.75. The molecule has 1 heterocycles. The van der Waals surface area contributed by atoms with Gasteiger partial charge in [-0.25, -0.2) is 9.78 Å². The average molecular weight is 232 g/mol. The smallest absolute Gasteiger partial charge is 0.337 e. The summed E-state index contributed by atoms with van der Waals surface area (Å²) in [7, 11) is 0. The Hall–Kier alpha value is -1.84. The minimum Gasteiger partial charge on any atom is -0.478 e. The molecule has 0 atom stereocenters. The molecule has 1 aromatic heterocycles. The Labute approximate surface area is 100 Å². The fourth-order valence-corrected chi connectivity index (χ4v) is 1.94. The van der Waals surface area contributed by atoms with Crippen LogP contribution in [0.2, 0.25) is 0 Å². The van der Waals surface area contributed by atoms with E-state index in [1.54, 1.807) is 12.1 Å². The SMILES string of the molecule is O=C(O)c1ccc(NCCC2=CCCC2)nc1. The van der Waals surface area contributed by atoms with E-state index in [4.69, 9.17) is 5.11 Å². The summed E-state index contributed by atoms with van der Waals surface area (Å²) in [5.41, 5.74) is 1.73. The van der Waals surface area contributed by atoms with Gasteiger partial charge in [0.1, 0.15) is 5.82 Å². The van der Waals surface area contributed by atoms with Crippen molar-refractivity contribution in [3.05, 3.63) is 35.5 Å². The Balaban J connectivity index is 1.80. The summed E-state index contributed by atoms with van der Waals surface area (Å²) in [6.07, 6.45) is 8.43. The number of hydrogen-bond donors (Lipinski definition) is 2. The number of carbonyl (C=O) groups is 1. The number of carboxylic acid groups (broad SMARTS) is 1. The molecule has 0 saturated carbocycles. The van der Waals surface area contributed by atoms with Crippen LogP contribution in [0.3, 0.4) is 0 Å². The summed E-state index contributed by atoms with van der Waals surface area (Å²) in [6.45, 7) is 0.852. The molecule has 0 aromatic carbocycles. The minimum absolute atomic E-state index is 0.217. The fraction of sp³-hybridized carbons (Fsp3) is 0.385. The molecular weight excluding hydrogens is 216 g/mol. The van der Waals surface area contributed by atoms with Crippen LogP contribution in [0.5, 0.6) is 0 Å². The van der Waals surface area contributed by atoms with E-state index < -0.39 is 5.97 Å². The number of aromatic carboxylic acids is 1. The second kappa shape index (κ2) is 5.48. The third-order valence-corrected chi connectivity index (χ3v) is 2.90. The Morgan fingerprint density at radius 2 is 2.35 bits per heavy atom. The maximum absolute atomic E-state index is 10.6. The lowest BCUT2D eigenvalue weighted by Gasteiger charge is -2.06. The van der Waals surface area contributed by atoms with Gasteiger partial charge in [0.25, 0.3) is 0 Å². The van der Waals surface area contributed by atoms with Gasteiger partial charge in [0.05, 0.1) is 5.56 Å². The maximum Gasteiger partial charge on any atom is 0.337 e. The highest BCUT2D eigenvalue weighted by atomic mass is 16.4. The number of pyridine rings is 1. The van der Waals surface area contributed by atoms with E-state index in [0.29, 0.717) is 0 Å². The lowest BCUT2D eigenvalue weighted by molar-refractivity contribution is 0.0696. The second-order valence-electron chi connectivity index (χ2n) is 4.17. The first kappa shape index (κ1) is 11.6. The molecule has 2 rings (SSSR count). The van der Waals surface area contributed by atoms with Crippen molar-refractivity contribution in [2.24, 2.45) is 0 Å². The third-order valence-electron chi connectivity index (χ3n) is 2.90. The summed E-state index contributed by atoms with van der Waals surface area (Å²) in [5.74, 6) is -0.214. The number of hydrogen-bond acceptors (Lipinski definition) is 3. The van der Waals surface area contributed by atoms with E-state index in [0.717, 1.165) is 18.8 Å². The van der Waals surface area contributed by atoms with E-state index in [9.17, 15) is 4.79 Å². The molecule has 4 nitrogen and oxygen atoms in total. The maximum atomic E-state index is 10.6. The van der Waals surface area contributed by atoms with Gasteiger partial charge in [-0.1, -0.05) is 11.6 Å². The zero-order valence-corrected chi connectivity index (χ0v) is 9.65. The number of rotatable bonds is 5. The molecule has 0 radical (unpaired) electrons. The zero-order chi connectivity index (χ0) is 12.1. The molecule has 17 heavy (non-hydrogen) atoms. The van der Waals surface area contributed by atoms with Gasteiger partial charge < -0.3 is 10.4 Å². The van der Waals surface area contributed by atoms with E-state index >= 15 is 0 Å². The molecule has 1 aliphatic rings. The van der Waals surface area contributed by atoms with Crippen molar-refractivity contribution >= 4 is 11.8 Å².